The van der Waals surface area contributed by atoms with Crippen LogP contribution in [0.3, 0.4) is 0 Å². The number of nitrogens with zero attached hydrogens (tertiary/aromatic N) is 2. The summed E-state index contributed by atoms with van der Waals surface area (Å²) in [6, 6.07) is 2.54. The lowest BCUT2D eigenvalue weighted by atomic mass is 10.4. The summed E-state index contributed by atoms with van der Waals surface area (Å²) in [7, 11) is 0. The van der Waals surface area contributed by atoms with E-state index in [0.717, 1.165) is 6.07 Å². The largest absolute Gasteiger partial charge is 0.467 e. The highest BCUT2D eigenvalue weighted by Crippen LogP contribution is 2.26. The van der Waals surface area contributed by atoms with Crippen molar-refractivity contribution in [2.75, 3.05) is 18.5 Å². The molecule has 0 spiro atoms. The minimum absolute atomic E-state index is 0.336. The van der Waals surface area contributed by atoms with Gasteiger partial charge >= 0.3 is 5.69 Å². The molecule has 94 valence electrons. The minimum atomic E-state index is -2.71. The van der Waals surface area contributed by atoms with Crippen LogP contribution in [0.4, 0.5) is 20.3 Å². The molecular formula is C9H11F2N3O3. The Kier molecular flexibility index (Phi) is 4.56. The highest BCUT2D eigenvalue weighted by Gasteiger charge is 2.19. The number of alkyl halides is 2. The molecule has 8 heteroatoms. The predicted octanol–water partition coefficient (Wildman–Crippen LogP) is 2.07. The number of anilines is 1. The van der Waals surface area contributed by atoms with Gasteiger partial charge in [0.25, 0.3) is 12.3 Å². The average molecular weight is 247 g/mol. The molecular weight excluding hydrogens is 236 g/mol. The summed E-state index contributed by atoms with van der Waals surface area (Å²) in [4.78, 5) is 13.6. The summed E-state index contributed by atoms with van der Waals surface area (Å²) < 4.78 is 28.5. The van der Waals surface area contributed by atoms with Gasteiger partial charge in [-0.25, -0.2) is 8.78 Å². The molecule has 0 saturated heterocycles. The molecule has 0 aliphatic carbocycles. The molecule has 0 atom stereocenters. The van der Waals surface area contributed by atoms with Gasteiger partial charge in [-0.05, 0) is 13.0 Å². The Labute approximate surface area is 95.8 Å². The Bertz CT molecular complexity index is 401. The topological polar surface area (TPSA) is 77.3 Å². The number of pyridine rings is 1. The zero-order valence-electron chi connectivity index (χ0n) is 9.02. The zero-order valence-corrected chi connectivity index (χ0v) is 9.02. The first-order chi connectivity index (χ1) is 8.04. The first-order valence-corrected chi connectivity index (χ1v) is 4.84. The highest BCUT2D eigenvalue weighted by atomic mass is 19.3. The lowest BCUT2D eigenvalue weighted by Gasteiger charge is -2.07. The Balaban J connectivity index is 2.94. The van der Waals surface area contributed by atoms with Crippen molar-refractivity contribution in [3.05, 3.63) is 22.2 Å². The van der Waals surface area contributed by atoms with Crippen LogP contribution in [0.25, 0.3) is 0 Å². The number of rotatable bonds is 6. The molecule has 0 aliphatic heterocycles. The van der Waals surface area contributed by atoms with Gasteiger partial charge in [0.05, 0.1) is 4.92 Å². The van der Waals surface area contributed by atoms with Crippen LogP contribution in [0.1, 0.15) is 6.92 Å². The van der Waals surface area contributed by atoms with E-state index in [-0.39, 0.29) is 0 Å². The van der Waals surface area contributed by atoms with E-state index in [2.05, 4.69) is 15.0 Å². The van der Waals surface area contributed by atoms with Gasteiger partial charge in [-0.2, -0.15) is 4.98 Å². The molecule has 1 aromatic rings. The molecule has 0 unspecified atom stereocenters. The minimum Gasteiger partial charge on any atom is -0.467 e. The maximum atomic E-state index is 12.0. The van der Waals surface area contributed by atoms with Gasteiger partial charge < -0.3 is 10.1 Å². The third-order valence-corrected chi connectivity index (χ3v) is 1.74. The van der Waals surface area contributed by atoms with Crippen LogP contribution in [-0.2, 0) is 0 Å². The van der Waals surface area contributed by atoms with Crippen molar-refractivity contribution in [3.63, 3.8) is 0 Å². The number of hydrogen-bond acceptors (Lipinski definition) is 5. The number of hydrogen-bond donors (Lipinski definition) is 1. The summed E-state index contributed by atoms with van der Waals surface area (Å²) in [5.41, 5.74) is -0.438. The van der Waals surface area contributed by atoms with Gasteiger partial charge in [0, 0.05) is 12.6 Å². The van der Waals surface area contributed by atoms with E-state index in [9.17, 15) is 18.9 Å². The van der Waals surface area contributed by atoms with Crippen LogP contribution in [-0.4, -0.2) is 29.5 Å². The number of nitrogens with one attached hydrogen (secondary N) is 1. The molecule has 1 N–H and O–H groups in total. The van der Waals surface area contributed by atoms with E-state index >= 15 is 0 Å². The number of halogens is 2. The fourth-order valence-corrected chi connectivity index (χ4v) is 1.10. The molecule has 0 fully saturated rings. The molecule has 1 heterocycles. The highest BCUT2D eigenvalue weighted by molar-refractivity contribution is 5.49. The molecule has 0 bridgehead atoms. The van der Waals surface area contributed by atoms with Crippen molar-refractivity contribution in [1.29, 1.82) is 0 Å². The Hall–Kier alpha value is -1.99. The van der Waals surface area contributed by atoms with Crippen LogP contribution in [0.15, 0.2) is 12.1 Å². The van der Waals surface area contributed by atoms with Crippen LogP contribution < -0.4 is 10.1 Å². The van der Waals surface area contributed by atoms with Gasteiger partial charge in [-0.1, -0.05) is 0 Å². The molecule has 0 amide bonds. The van der Waals surface area contributed by atoms with Crippen molar-refractivity contribution in [2.45, 2.75) is 13.3 Å². The third kappa shape index (κ3) is 3.82. The van der Waals surface area contributed by atoms with E-state index in [1.165, 1.54) is 6.07 Å². The Morgan fingerprint density at radius 3 is 2.82 bits per heavy atom. The van der Waals surface area contributed by atoms with Gasteiger partial charge in [-0.15, -0.1) is 0 Å². The van der Waals surface area contributed by atoms with Crippen LogP contribution in [0, 0.1) is 10.1 Å². The van der Waals surface area contributed by atoms with Crippen molar-refractivity contribution in [3.8, 4) is 5.88 Å². The second-order valence-corrected chi connectivity index (χ2v) is 3.01. The maximum absolute atomic E-state index is 12.0. The normalized spacial score (nSPS) is 10.4. The zero-order chi connectivity index (χ0) is 12.8. The molecule has 0 aromatic carbocycles. The van der Waals surface area contributed by atoms with E-state index in [4.69, 9.17) is 0 Å². The van der Waals surface area contributed by atoms with Crippen molar-refractivity contribution in [1.82, 2.24) is 4.98 Å². The fourth-order valence-electron chi connectivity index (χ4n) is 1.10. The van der Waals surface area contributed by atoms with Gasteiger partial charge in [0.15, 0.2) is 6.61 Å². The molecule has 1 rings (SSSR count). The summed E-state index contributed by atoms with van der Waals surface area (Å²) in [6.45, 7) is 1.44. The molecule has 1 aromatic heterocycles. The Morgan fingerprint density at radius 2 is 2.29 bits per heavy atom. The van der Waals surface area contributed by atoms with Crippen LogP contribution in [0.5, 0.6) is 5.88 Å². The number of ether oxygens (including phenoxy) is 1. The van der Waals surface area contributed by atoms with Crippen molar-refractivity contribution >= 4 is 11.5 Å². The van der Waals surface area contributed by atoms with Crippen LogP contribution >= 0.6 is 0 Å². The van der Waals surface area contributed by atoms with E-state index in [1.807, 2.05) is 6.92 Å². The lowest BCUT2D eigenvalue weighted by Crippen LogP contribution is -2.10. The van der Waals surface area contributed by atoms with E-state index < -0.39 is 29.5 Å². The summed E-state index contributed by atoms with van der Waals surface area (Å²) >= 11 is 0. The second-order valence-electron chi connectivity index (χ2n) is 3.01. The van der Waals surface area contributed by atoms with Gasteiger partial charge in [0.1, 0.15) is 5.82 Å². The maximum Gasteiger partial charge on any atom is 0.331 e. The first kappa shape index (κ1) is 13.1. The standard InChI is InChI=1S/C9H11F2N3O3/c1-2-12-8-4-3-6(14(15)16)9(13-8)17-5-7(10)11/h3-4,7H,2,5H2,1H3,(H,12,13). The Morgan fingerprint density at radius 1 is 1.59 bits per heavy atom. The molecule has 0 aliphatic rings. The first-order valence-electron chi connectivity index (χ1n) is 4.84. The monoisotopic (exact) mass is 247 g/mol. The van der Waals surface area contributed by atoms with Gasteiger partial charge in [0.2, 0.25) is 0 Å². The molecule has 0 radical (unpaired) electrons. The van der Waals surface area contributed by atoms with Gasteiger partial charge in [-0.3, -0.25) is 10.1 Å². The summed E-state index contributed by atoms with van der Waals surface area (Å²) in [5.74, 6) is -0.0730. The van der Waals surface area contributed by atoms with Crippen LogP contribution in [0.2, 0.25) is 0 Å². The molecule has 0 saturated carbocycles. The second kappa shape index (κ2) is 5.92. The van der Waals surface area contributed by atoms with Crippen molar-refractivity contribution in [2.24, 2.45) is 0 Å². The number of aromatic nitrogens is 1. The number of nitro groups is 1. The fraction of sp³-hybridized carbons (Fsp3) is 0.444. The third-order valence-electron chi connectivity index (χ3n) is 1.74. The SMILES string of the molecule is CCNc1ccc([N+](=O)[O-])c(OCC(F)F)n1. The smallest absolute Gasteiger partial charge is 0.331 e. The lowest BCUT2D eigenvalue weighted by molar-refractivity contribution is -0.386. The quantitative estimate of drug-likeness (QED) is 0.615. The summed E-state index contributed by atoms with van der Waals surface area (Å²) in [5, 5.41) is 13.4. The van der Waals surface area contributed by atoms with Crippen molar-refractivity contribution < 1.29 is 18.4 Å². The summed E-state index contributed by atoms with van der Waals surface area (Å²) in [6.07, 6.45) is -2.71. The predicted molar refractivity (Wildman–Crippen MR) is 56.6 cm³/mol. The molecule has 17 heavy (non-hydrogen) atoms. The van der Waals surface area contributed by atoms with E-state index in [1.54, 1.807) is 0 Å². The average Bonchev–Trinajstić information content (AvgIpc) is 2.26. The molecule has 6 nitrogen and oxygen atoms in total. The van der Waals surface area contributed by atoms with E-state index in [0.29, 0.717) is 12.4 Å².